The van der Waals surface area contributed by atoms with E-state index >= 15 is 0 Å². The first kappa shape index (κ1) is 16.5. The molecule has 0 radical (unpaired) electrons. The van der Waals surface area contributed by atoms with Crippen molar-refractivity contribution in [2.45, 2.75) is 44.6 Å². The SMILES string of the molecule is CNS(=O)(=O)Cc1ccc(B2OC(C)(C)C(C)(C)O2)cc1. The van der Waals surface area contributed by atoms with Crippen LogP contribution >= 0.6 is 0 Å². The van der Waals surface area contributed by atoms with Gasteiger partial charge in [0.25, 0.3) is 0 Å². The average Bonchev–Trinajstić information content (AvgIpc) is 2.59. The fraction of sp³-hybridized carbons (Fsp3) is 0.571. The summed E-state index contributed by atoms with van der Waals surface area (Å²) >= 11 is 0. The molecule has 21 heavy (non-hydrogen) atoms. The van der Waals surface area contributed by atoms with Gasteiger partial charge in [-0.3, -0.25) is 0 Å². The highest BCUT2D eigenvalue weighted by Gasteiger charge is 2.51. The zero-order valence-electron chi connectivity index (χ0n) is 13.1. The van der Waals surface area contributed by atoms with Crippen LogP contribution < -0.4 is 10.2 Å². The highest BCUT2D eigenvalue weighted by atomic mass is 32.2. The van der Waals surface area contributed by atoms with Crippen LogP contribution in [0.2, 0.25) is 0 Å². The smallest absolute Gasteiger partial charge is 0.399 e. The molecule has 0 amide bonds. The summed E-state index contributed by atoms with van der Waals surface area (Å²) in [7, 11) is -2.27. The molecule has 1 heterocycles. The van der Waals surface area contributed by atoms with Gasteiger partial charge < -0.3 is 9.31 Å². The molecule has 1 aromatic rings. The number of hydrogen-bond acceptors (Lipinski definition) is 4. The quantitative estimate of drug-likeness (QED) is 0.844. The molecular weight excluding hydrogens is 289 g/mol. The Bertz CT molecular complexity index is 594. The van der Waals surface area contributed by atoms with Crippen molar-refractivity contribution in [1.82, 2.24) is 4.72 Å². The Labute approximate surface area is 127 Å². The fourth-order valence-corrected chi connectivity index (χ4v) is 2.82. The van der Waals surface area contributed by atoms with Crippen LogP contribution in [-0.2, 0) is 25.1 Å². The molecule has 0 aliphatic carbocycles. The summed E-state index contributed by atoms with van der Waals surface area (Å²) < 4.78 is 37.3. The van der Waals surface area contributed by atoms with Crippen molar-refractivity contribution in [1.29, 1.82) is 0 Å². The van der Waals surface area contributed by atoms with E-state index in [0.29, 0.717) is 0 Å². The molecule has 1 aliphatic heterocycles. The third kappa shape index (κ3) is 3.48. The van der Waals surface area contributed by atoms with Crippen molar-refractivity contribution < 1.29 is 17.7 Å². The highest BCUT2D eigenvalue weighted by Crippen LogP contribution is 2.36. The molecule has 0 atom stereocenters. The van der Waals surface area contributed by atoms with E-state index < -0.39 is 17.1 Å². The van der Waals surface area contributed by atoms with Gasteiger partial charge in [-0.25, -0.2) is 13.1 Å². The Hall–Kier alpha value is -0.885. The minimum Gasteiger partial charge on any atom is -0.399 e. The van der Waals surface area contributed by atoms with Gasteiger partial charge in [-0.05, 0) is 45.8 Å². The Morgan fingerprint density at radius 1 is 1.05 bits per heavy atom. The molecule has 0 saturated carbocycles. The van der Waals surface area contributed by atoms with Crippen molar-refractivity contribution in [3.63, 3.8) is 0 Å². The van der Waals surface area contributed by atoms with Gasteiger partial charge in [-0.2, -0.15) is 0 Å². The monoisotopic (exact) mass is 311 g/mol. The highest BCUT2D eigenvalue weighted by molar-refractivity contribution is 7.88. The standard InChI is InChI=1S/C14H22BNO4S/c1-13(2)14(3,4)20-15(19-13)12-8-6-11(7-9-12)10-21(17,18)16-5/h6-9,16H,10H2,1-5H3. The second-order valence-corrected chi connectivity index (χ2v) is 8.22. The van der Waals surface area contributed by atoms with E-state index in [9.17, 15) is 8.42 Å². The van der Waals surface area contributed by atoms with Crippen molar-refractivity contribution >= 4 is 22.6 Å². The van der Waals surface area contributed by atoms with Crippen LogP contribution in [0.15, 0.2) is 24.3 Å². The lowest BCUT2D eigenvalue weighted by molar-refractivity contribution is 0.00578. The van der Waals surface area contributed by atoms with Crippen LogP contribution in [0.4, 0.5) is 0 Å². The van der Waals surface area contributed by atoms with Crippen molar-refractivity contribution in [3.8, 4) is 0 Å². The van der Waals surface area contributed by atoms with E-state index in [1.165, 1.54) is 7.05 Å². The van der Waals surface area contributed by atoms with Crippen molar-refractivity contribution in [2.24, 2.45) is 0 Å². The fourth-order valence-electron chi connectivity index (χ4n) is 2.04. The maximum Gasteiger partial charge on any atom is 0.494 e. The van der Waals surface area contributed by atoms with Crippen molar-refractivity contribution in [3.05, 3.63) is 29.8 Å². The third-order valence-electron chi connectivity index (χ3n) is 4.17. The van der Waals surface area contributed by atoms with E-state index in [1.54, 1.807) is 12.1 Å². The minimum atomic E-state index is -3.25. The van der Waals surface area contributed by atoms with Crippen LogP contribution in [0.1, 0.15) is 33.3 Å². The van der Waals surface area contributed by atoms with E-state index in [-0.39, 0.29) is 17.0 Å². The molecule has 1 fully saturated rings. The average molecular weight is 311 g/mol. The minimum absolute atomic E-state index is 0.0346. The molecule has 2 rings (SSSR count). The molecule has 7 heteroatoms. The molecule has 1 aromatic carbocycles. The van der Waals surface area contributed by atoms with E-state index in [2.05, 4.69) is 4.72 Å². The first-order valence-corrected chi connectivity index (χ1v) is 8.57. The zero-order valence-corrected chi connectivity index (χ0v) is 14.0. The predicted octanol–water partition coefficient (Wildman–Crippen LogP) is 1.03. The van der Waals surface area contributed by atoms with E-state index in [4.69, 9.17) is 9.31 Å². The van der Waals surface area contributed by atoms with E-state index in [0.717, 1.165) is 11.0 Å². The van der Waals surface area contributed by atoms with Crippen LogP contribution in [0.5, 0.6) is 0 Å². The second-order valence-electron chi connectivity index (χ2n) is 6.29. The Kier molecular flexibility index (Phi) is 4.23. The molecule has 0 spiro atoms. The molecule has 1 N–H and O–H groups in total. The topological polar surface area (TPSA) is 64.6 Å². The molecule has 116 valence electrons. The summed E-state index contributed by atoms with van der Waals surface area (Å²) in [6, 6.07) is 7.27. The number of rotatable bonds is 4. The lowest BCUT2D eigenvalue weighted by atomic mass is 9.79. The molecule has 1 aliphatic rings. The molecule has 0 bridgehead atoms. The van der Waals surface area contributed by atoms with Gasteiger partial charge in [-0.1, -0.05) is 24.3 Å². The number of nitrogens with one attached hydrogen (secondary N) is 1. The molecule has 5 nitrogen and oxygen atoms in total. The van der Waals surface area contributed by atoms with Gasteiger partial charge in [0.2, 0.25) is 10.0 Å². The van der Waals surface area contributed by atoms with Gasteiger partial charge in [0.05, 0.1) is 17.0 Å². The first-order chi connectivity index (χ1) is 9.56. The summed E-state index contributed by atoms with van der Waals surface area (Å²) in [6.45, 7) is 8.00. The zero-order chi connectivity index (χ0) is 15.9. The third-order valence-corrected chi connectivity index (χ3v) is 5.51. The molecule has 1 saturated heterocycles. The summed E-state index contributed by atoms with van der Waals surface area (Å²) in [5.41, 5.74) is 0.848. The summed E-state index contributed by atoms with van der Waals surface area (Å²) in [6.07, 6.45) is 0. The second kappa shape index (κ2) is 5.39. The normalized spacial score (nSPS) is 20.7. The summed E-state index contributed by atoms with van der Waals surface area (Å²) in [5, 5.41) is 0. The lowest BCUT2D eigenvalue weighted by Crippen LogP contribution is -2.41. The Morgan fingerprint density at radius 3 is 1.95 bits per heavy atom. The maximum atomic E-state index is 11.5. The summed E-state index contributed by atoms with van der Waals surface area (Å²) in [4.78, 5) is 0. The Morgan fingerprint density at radius 2 is 1.52 bits per heavy atom. The number of benzene rings is 1. The Balaban J connectivity index is 2.14. The maximum absolute atomic E-state index is 11.5. The lowest BCUT2D eigenvalue weighted by Gasteiger charge is -2.32. The van der Waals surface area contributed by atoms with Crippen molar-refractivity contribution in [2.75, 3.05) is 7.05 Å². The molecule has 0 aromatic heterocycles. The summed E-state index contributed by atoms with van der Waals surface area (Å²) in [5.74, 6) is -0.0346. The largest absolute Gasteiger partial charge is 0.494 e. The van der Waals surface area contributed by atoms with Gasteiger partial charge in [0.1, 0.15) is 0 Å². The predicted molar refractivity (Wildman–Crippen MR) is 83.8 cm³/mol. The molecule has 0 unspecified atom stereocenters. The van der Waals surface area contributed by atoms with Crippen LogP contribution in [-0.4, -0.2) is 33.8 Å². The van der Waals surface area contributed by atoms with Gasteiger partial charge >= 0.3 is 7.12 Å². The van der Waals surface area contributed by atoms with Gasteiger partial charge in [-0.15, -0.1) is 0 Å². The van der Waals surface area contributed by atoms with Crippen LogP contribution in [0, 0.1) is 0 Å². The van der Waals surface area contributed by atoms with Gasteiger partial charge in [0, 0.05) is 0 Å². The van der Waals surface area contributed by atoms with Crippen LogP contribution in [0.3, 0.4) is 0 Å². The number of hydrogen-bond donors (Lipinski definition) is 1. The van der Waals surface area contributed by atoms with Crippen LogP contribution in [0.25, 0.3) is 0 Å². The number of sulfonamides is 1. The molecular formula is C14H22BNO4S. The first-order valence-electron chi connectivity index (χ1n) is 6.92. The van der Waals surface area contributed by atoms with Gasteiger partial charge in [0.15, 0.2) is 0 Å². The van der Waals surface area contributed by atoms with E-state index in [1.807, 2.05) is 39.8 Å².